The Morgan fingerprint density at radius 2 is 1.94 bits per heavy atom. The van der Waals surface area contributed by atoms with Gasteiger partial charge in [0.2, 0.25) is 0 Å². The summed E-state index contributed by atoms with van der Waals surface area (Å²) in [6, 6.07) is 20.0. The van der Waals surface area contributed by atoms with E-state index in [9.17, 15) is 0 Å². The van der Waals surface area contributed by atoms with Crippen LogP contribution in [0, 0.1) is 6.07 Å². The highest BCUT2D eigenvalue weighted by atomic mass is 32.2. The van der Waals surface area contributed by atoms with Crippen LogP contribution in [0.3, 0.4) is 0 Å². The molecule has 0 saturated carbocycles. The van der Waals surface area contributed by atoms with E-state index < -0.39 is 0 Å². The average molecular weight is 239 g/mol. The lowest BCUT2D eigenvalue weighted by Gasteiger charge is -2.06. The number of allylic oxidation sites excluding steroid dienone is 1. The Morgan fingerprint density at radius 1 is 1.12 bits per heavy atom. The van der Waals surface area contributed by atoms with Crippen molar-refractivity contribution in [3.63, 3.8) is 0 Å². The van der Waals surface area contributed by atoms with Crippen LogP contribution in [-0.4, -0.2) is 0 Å². The zero-order chi connectivity index (χ0) is 11.9. The van der Waals surface area contributed by atoms with Gasteiger partial charge in [-0.25, -0.2) is 0 Å². The molecular formula is C16H15S. The minimum atomic E-state index is 0.911. The Kier molecular flexibility index (Phi) is 4.45. The standard InChI is InChI=1S/C16H15S/c1-2-8-15-11-6-7-12-16(15)17-13-14-9-4-3-5-10-14/h2-7,9-11H,1,8,13H2. The predicted octanol–water partition coefficient (Wildman–Crippen LogP) is 4.51. The molecule has 17 heavy (non-hydrogen) atoms. The molecule has 0 aliphatic heterocycles. The van der Waals surface area contributed by atoms with E-state index in [1.807, 2.05) is 36.0 Å². The highest BCUT2D eigenvalue weighted by Gasteiger charge is 2.01. The lowest BCUT2D eigenvalue weighted by atomic mass is 10.1. The fourth-order valence-electron chi connectivity index (χ4n) is 1.64. The number of hydrogen-bond acceptors (Lipinski definition) is 1. The van der Waals surface area contributed by atoms with Gasteiger partial charge in [-0.2, -0.15) is 0 Å². The summed E-state index contributed by atoms with van der Waals surface area (Å²) in [6.07, 6.45) is 2.85. The second kappa shape index (κ2) is 6.31. The Balaban J connectivity index is 2.06. The summed E-state index contributed by atoms with van der Waals surface area (Å²) in [5.41, 5.74) is 2.66. The van der Waals surface area contributed by atoms with Crippen LogP contribution in [0.4, 0.5) is 0 Å². The van der Waals surface area contributed by atoms with Gasteiger partial charge in [-0.15, -0.1) is 18.3 Å². The van der Waals surface area contributed by atoms with Gasteiger partial charge in [0.25, 0.3) is 0 Å². The highest BCUT2D eigenvalue weighted by molar-refractivity contribution is 7.98. The normalized spacial score (nSPS) is 10.1. The first-order valence-corrected chi connectivity index (χ1v) is 6.66. The van der Waals surface area contributed by atoms with Crippen LogP contribution in [0.5, 0.6) is 0 Å². The van der Waals surface area contributed by atoms with Crippen LogP contribution in [0.2, 0.25) is 0 Å². The van der Waals surface area contributed by atoms with E-state index in [4.69, 9.17) is 0 Å². The molecule has 0 nitrogen and oxygen atoms in total. The Morgan fingerprint density at radius 3 is 2.71 bits per heavy atom. The van der Waals surface area contributed by atoms with Crippen LogP contribution < -0.4 is 0 Å². The van der Waals surface area contributed by atoms with Crippen LogP contribution in [0.15, 0.2) is 66.1 Å². The van der Waals surface area contributed by atoms with E-state index in [-0.39, 0.29) is 0 Å². The minimum absolute atomic E-state index is 0.911. The van der Waals surface area contributed by atoms with E-state index in [0.29, 0.717) is 0 Å². The summed E-state index contributed by atoms with van der Waals surface area (Å²) in [5, 5.41) is 0. The molecule has 85 valence electrons. The molecule has 0 fully saturated rings. The maximum atomic E-state index is 3.79. The first-order valence-electron chi connectivity index (χ1n) is 5.67. The van der Waals surface area contributed by atoms with Crippen molar-refractivity contribution in [3.8, 4) is 0 Å². The van der Waals surface area contributed by atoms with Crippen LogP contribution in [-0.2, 0) is 12.2 Å². The third-order valence-corrected chi connectivity index (χ3v) is 3.64. The van der Waals surface area contributed by atoms with Crippen molar-refractivity contribution >= 4 is 11.8 Å². The summed E-state index contributed by atoms with van der Waals surface area (Å²) < 4.78 is 0. The Bertz CT molecular complexity index is 474. The third-order valence-electron chi connectivity index (χ3n) is 2.49. The fourth-order valence-corrected chi connectivity index (χ4v) is 2.63. The van der Waals surface area contributed by atoms with Gasteiger partial charge in [0, 0.05) is 10.6 Å². The molecule has 0 atom stereocenters. The van der Waals surface area contributed by atoms with Crippen LogP contribution in [0.25, 0.3) is 0 Å². The molecule has 0 saturated heterocycles. The largest absolute Gasteiger partial charge is 0.120 e. The van der Waals surface area contributed by atoms with E-state index >= 15 is 0 Å². The molecule has 1 radical (unpaired) electrons. The van der Waals surface area contributed by atoms with E-state index in [0.717, 1.165) is 12.2 Å². The number of hydrogen-bond donors (Lipinski definition) is 0. The van der Waals surface area contributed by atoms with Gasteiger partial charge in [-0.1, -0.05) is 54.6 Å². The fraction of sp³-hybridized carbons (Fsp3) is 0.125. The SMILES string of the molecule is C=CCc1ccc[c]c1SCc1ccccc1. The zero-order valence-electron chi connectivity index (χ0n) is 9.73. The zero-order valence-corrected chi connectivity index (χ0v) is 10.5. The van der Waals surface area contributed by atoms with Crippen LogP contribution >= 0.6 is 11.8 Å². The molecule has 2 aromatic carbocycles. The van der Waals surface area contributed by atoms with Gasteiger partial charge < -0.3 is 0 Å². The van der Waals surface area contributed by atoms with Gasteiger partial charge in [0.15, 0.2) is 0 Å². The second-order valence-corrected chi connectivity index (χ2v) is 4.78. The molecule has 0 aromatic heterocycles. The topological polar surface area (TPSA) is 0 Å². The monoisotopic (exact) mass is 239 g/mol. The third kappa shape index (κ3) is 3.50. The maximum Gasteiger partial charge on any atom is 0.0232 e. The van der Waals surface area contributed by atoms with Gasteiger partial charge in [0.05, 0.1) is 0 Å². The summed E-state index contributed by atoms with van der Waals surface area (Å²) >= 11 is 1.84. The van der Waals surface area contributed by atoms with Gasteiger partial charge >= 0.3 is 0 Å². The minimum Gasteiger partial charge on any atom is -0.120 e. The van der Waals surface area contributed by atoms with Crippen molar-refractivity contribution in [2.24, 2.45) is 0 Å². The van der Waals surface area contributed by atoms with E-state index in [2.05, 4.69) is 43.0 Å². The van der Waals surface area contributed by atoms with Crippen molar-refractivity contribution in [2.75, 3.05) is 0 Å². The van der Waals surface area contributed by atoms with E-state index in [1.165, 1.54) is 16.0 Å². The first-order chi connectivity index (χ1) is 8.40. The summed E-state index contributed by atoms with van der Waals surface area (Å²) in [6.45, 7) is 3.79. The van der Waals surface area contributed by atoms with Gasteiger partial charge in [-0.3, -0.25) is 0 Å². The molecule has 2 rings (SSSR count). The molecule has 0 spiro atoms. The van der Waals surface area contributed by atoms with Gasteiger partial charge in [-0.05, 0) is 23.6 Å². The van der Waals surface area contributed by atoms with Crippen molar-refractivity contribution in [1.29, 1.82) is 0 Å². The molecule has 2 aromatic rings. The summed E-state index contributed by atoms with van der Waals surface area (Å²) in [7, 11) is 0. The highest BCUT2D eigenvalue weighted by Crippen LogP contribution is 2.26. The molecule has 0 bridgehead atoms. The lowest BCUT2D eigenvalue weighted by Crippen LogP contribution is -1.87. The molecular weight excluding hydrogens is 224 g/mol. The van der Waals surface area contributed by atoms with Crippen molar-refractivity contribution < 1.29 is 0 Å². The molecule has 0 aliphatic rings. The maximum absolute atomic E-state index is 3.79. The molecule has 0 amide bonds. The second-order valence-electron chi connectivity index (χ2n) is 3.79. The van der Waals surface area contributed by atoms with Gasteiger partial charge in [0.1, 0.15) is 0 Å². The molecule has 0 aliphatic carbocycles. The number of rotatable bonds is 5. The Labute approximate surface area is 107 Å². The number of thioether (sulfide) groups is 1. The van der Waals surface area contributed by atoms with Crippen molar-refractivity contribution in [2.45, 2.75) is 17.1 Å². The molecule has 1 heteroatoms. The quantitative estimate of drug-likeness (QED) is 0.546. The Hall–Kier alpha value is -1.47. The van der Waals surface area contributed by atoms with Crippen molar-refractivity contribution in [1.82, 2.24) is 0 Å². The predicted molar refractivity (Wildman–Crippen MR) is 75.2 cm³/mol. The summed E-state index contributed by atoms with van der Waals surface area (Å²) in [4.78, 5) is 1.23. The molecule has 0 N–H and O–H groups in total. The van der Waals surface area contributed by atoms with Crippen molar-refractivity contribution in [3.05, 3.63) is 78.4 Å². The van der Waals surface area contributed by atoms with E-state index in [1.54, 1.807) is 0 Å². The lowest BCUT2D eigenvalue weighted by molar-refractivity contribution is 1.17. The number of benzene rings is 2. The van der Waals surface area contributed by atoms with Crippen LogP contribution in [0.1, 0.15) is 11.1 Å². The summed E-state index contributed by atoms with van der Waals surface area (Å²) in [5.74, 6) is 0.992. The molecule has 0 unspecified atom stereocenters. The first kappa shape index (κ1) is 12.0. The smallest absolute Gasteiger partial charge is 0.0232 e. The average Bonchev–Trinajstić information content (AvgIpc) is 2.39. The molecule has 0 heterocycles.